The van der Waals surface area contributed by atoms with E-state index in [4.69, 9.17) is 11.6 Å². The van der Waals surface area contributed by atoms with Gasteiger partial charge in [0, 0.05) is 18.1 Å². The maximum absolute atomic E-state index is 12.6. The maximum Gasteiger partial charge on any atom is 0.265 e. The first kappa shape index (κ1) is 22.8. The van der Waals surface area contributed by atoms with Crippen LogP contribution in [0.2, 0.25) is 4.34 Å². The number of benzene rings is 2. The smallest absolute Gasteiger partial charge is 0.265 e. The largest absolute Gasteiger partial charge is 0.494 e. The van der Waals surface area contributed by atoms with E-state index in [1.165, 1.54) is 15.9 Å². The lowest BCUT2D eigenvalue weighted by molar-refractivity contribution is 0.103. The van der Waals surface area contributed by atoms with Gasteiger partial charge in [0.25, 0.3) is 5.91 Å². The number of nitrogens with one attached hydrogen (secondary N) is 2. The number of nitrogens with zero attached hydrogens (tertiary/aromatic N) is 2. The van der Waals surface area contributed by atoms with Crippen LogP contribution in [-0.2, 0) is 13.1 Å². The van der Waals surface area contributed by atoms with Gasteiger partial charge in [0.15, 0.2) is 0 Å². The third-order valence-corrected chi connectivity index (χ3v) is 6.79. The van der Waals surface area contributed by atoms with Crippen LogP contribution in [0.4, 0.5) is 11.5 Å². The zero-order chi connectivity index (χ0) is 24.4. The lowest BCUT2D eigenvalue weighted by Gasteiger charge is -2.10. The van der Waals surface area contributed by atoms with Crippen molar-refractivity contribution in [3.63, 3.8) is 0 Å². The summed E-state index contributed by atoms with van der Waals surface area (Å²) in [5.41, 5.74) is 2.33. The van der Waals surface area contributed by atoms with Gasteiger partial charge in [-0.05, 0) is 47.5 Å². The molecule has 0 saturated heterocycles. The number of aromatic hydroxyl groups is 2. The number of fused-ring (bicyclic) bond motifs is 1. The molecular formula is C26H21ClN4O3S. The number of halogens is 1. The predicted molar refractivity (Wildman–Crippen MR) is 140 cm³/mol. The third-order valence-electron chi connectivity index (χ3n) is 5.56. The molecule has 176 valence electrons. The minimum atomic E-state index is -0.339. The van der Waals surface area contributed by atoms with Crippen LogP contribution in [0.25, 0.3) is 10.8 Å². The number of amides is 1. The van der Waals surface area contributed by atoms with Crippen LogP contribution in [-0.4, -0.2) is 25.7 Å². The van der Waals surface area contributed by atoms with Crippen molar-refractivity contribution in [2.45, 2.75) is 13.1 Å². The molecule has 0 atom stereocenters. The molecule has 4 N–H and O–H groups in total. The van der Waals surface area contributed by atoms with Crippen LogP contribution >= 0.6 is 22.9 Å². The van der Waals surface area contributed by atoms with E-state index in [0.29, 0.717) is 32.2 Å². The summed E-state index contributed by atoms with van der Waals surface area (Å²) in [7, 11) is 0. The highest BCUT2D eigenvalue weighted by atomic mass is 35.5. The third kappa shape index (κ3) is 4.80. The standard InChI is InChI=1S/C26H21ClN4O3S/c27-21-11-10-20(35-21)24(32)30-19-8-4-7-18-23(19)26(34)31(25(18)33)15-17-6-3-5-16(13-17)14-29-22-9-1-2-12-28-22/h1-13,33-34H,14-15H2,(H,28,29)(H,30,32). The van der Waals surface area contributed by atoms with Crippen molar-refractivity contribution in [2.75, 3.05) is 10.6 Å². The van der Waals surface area contributed by atoms with Gasteiger partial charge in [-0.1, -0.05) is 48.0 Å². The van der Waals surface area contributed by atoms with Crippen molar-refractivity contribution < 1.29 is 15.0 Å². The highest BCUT2D eigenvalue weighted by Gasteiger charge is 2.20. The molecule has 9 heteroatoms. The summed E-state index contributed by atoms with van der Waals surface area (Å²) in [5.74, 6) is 0.234. The van der Waals surface area contributed by atoms with Crippen molar-refractivity contribution in [3.05, 3.63) is 99.3 Å². The van der Waals surface area contributed by atoms with Crippen LogP contribution < -0.4 is 10.6 Å². The van der Waals surface area contributed by atoms with E-state index < -0.39 is 0 Å². The highest BCUT2D eigenvalue weighted by molar-refractivity contribution is 7.18. The Morgan fingerprint density at radius 2 is 1.80 bits per heavy atom. The number of carbonyl (C=O) groups is 1. The zero-order valence-corrected chi connectivity index (χ0v) is 20.0. The first-order valence-corrected chi connectivity index (χ1v) is 12.0. The van der Waals surface area contributed by atoms with Crippen molar-refractivity contribution in [1.29, 1.82) is 0 Å². The van der Waals surface area contributed by atoms with E-state index in [-0.39, 0.29) is 24.2 Å². The molecule has 1 amide bonds. The Morgan fingerprint density at radius 1 is 0.971 bits per heavy atom. The number of hydrogen-bond acceptors (Lipinski definition) is 6. The number of carbonyl (C=O) groups excluding carboxylic acids is 1. The van der Waals surface area contributed by atoms with Crippen molar-refractivity contribution in [1.82, 2.24) is 9.55 Å². The van der Waals surface area contributed by atoms with E-state index in [1.54, 1.807) is 36.5 Å². The molecule has 0 aliphatic heterocycles. The highest BCUT2D eigenvalue weighted by Crippen LogP contribution is 2.41. The van der Waals surface area contributed by atoms with E-state index in [1.807, 2.05) is 42.5 Å². The maximum atomic E-state index is 12.6. The average molecular weight is 505 g/mol. The molecule has 3 heterocycles. The van der Waals surface area contributed by atoms with E-state index in [9.17, 15) is 15.0 Å². The molecular weight excluding hydrogens is 484 g/mol. The number of pyridine rings is 1. The van der Waals surface area contributed by atoms with Gasteiger partial charge in [-0.2, -0.15) is 0 Å². The van der Waals surface area contributed by atoms with Crippen molar-refractivity contribution in [2.24, 2.45) is 0 Å². The van der Waals surface area contributed by atoms with Gasteiger partial charge in [0.05, 0.1) is 26.8 Å². The number of hydrogen-bond donors (Lipinski definition) is 4. The van der Waals surface area contributed by atoms with Gasteiger partial charge in [-0.3, -0.25) is 9.36 Å². The van der Waals surface area contributed by atoms with Gasteiger partial charge in [0.1, 0.15) is 5.82 Å². The van der Waals surface area contributed by atoms with Gasteiger partial charge in [-0.25, -0.2) is 4.98 Å². The predicted octanol–water partition coefficient (Wildman–Crippen LogP) is 6.08. The Kier molecular flexibility index (Phi) is 6.31. The monoisotopic (exact) mass is 504 g/mol. The second-order valence-corrected chi connectivity index (χ2v) is 9.62. The molecule has 0 saturated carbocycles. The van der Waals surface area contributed by atoms with Crippen LogP contribution in [0.1, 0.15) is 20.8 Å². The van der Waals surface area contributed by atoms with Gasteiger partial charge >= 0.3 is 0 Å². The number of rotatable bonds is 7. The normalized spacial score (nSPS) is 11.0. The van der Waals surface area contributed by atoms with Crippen LogP contribution in [0.15, 0.2) is 79.0 Å². The first-order valence-electron chi connectivity index (χ1n) is 10.8. The second kappa shape index (κ2) is 9.69. The quantitative estimate of drug-likeness (QED) is 0.215. The summed E-state index contributed by atoms with van der Waals surface area (Å²) in [6.45, 7) is 0.830. The Balaban J connectivity index is 1.40. The fraction of sp³-hybridized carbons (Fsp3) is 0.0769. The summed E-state index contributed by atoms with van der Waals surface area (Å²) in [5, 5.41) is 28.8. The molecule has 0 unspecified atom stereocenters. The molecule has 0 fully saturated rings. The second-order valence-electron chi connectivity index (χ2n) is 7.91. The first-order chi connectivity index (χ1) is 17.0. The molecule has 0 aliphatic rings. The molecule has 0 spiro atoms. The van der Waals surface area contributed by atoms with Crippen LogP contribution in [0.3, 0.4) is 0 Å². The molecule has 5 rings (SSSR count). The molecule has 2 aromatic carbocycles. The molecule has 35 heavy (non-hydrogen) atoms. The van der Waals surface area contributed by atoms with Crippen molar-refractivity contribution in [3.8, 4) is 11.8 Å². The average Bonchev–Trinajstić information content (AvgIpc) is 3.41. The summed E-state index contributed by atoms with van der Waals surface area (Å²) in [6.07, 6.45) is 1.73. The Morgan fingerprint density at radius 3 is 2.57 bits per heavy atom. The van der Waals surface area contributed by atoms with Gasteiger partial charge < -0.3 is 20.8 Å². The lowest BCUT2D eigenvalue weighted by atomic mass is 10.1. The van der Waals surface area contributed by atoms with Crippen LogP contribution in [0.5, 0.6) is 11.8 Å². The van der Waals surface area contributed by atoms with Gasteiger partial charge in [-0.15, -0.1) is 11.3 Å². The van der Waals surface area contributed by atoms with E-state index in [0.717, 1.165) is 16.9 Å². The van der Waals surface area contributed by atoms with Gasteiger partial charge in [0.2, 0.25) is 11.8 Å². The summed E-state index contributed by atoms with van der Waals surface area (Å²) in [4.78, 5) is 17.4. The molecule has 5 aromatic rings. The Hall–Kier alpha value is -4.01. The van der Waals surface area contributed by atoms with Crippen molar-refractivity contribution >= 4 is 51.1 Å². The Labute approximate surface area is 210 Å². The van der Waals surface area contributed by atoms with Crippen LogP contribution in [0, 0.1) is 0 Å². The molecule has 3 aromatic heterocycles. The Bertz CT molecular complexity index is 1510. The SMILES string of the molecule is O=C(Nc1cccc2c(O)n(Cc3cccc(CNc4ccccn4)c3)c(O)c12)c1ccc(Cl)s1. The van der Waals surface area contributed by atoms with E-state index in [2.05, 4.69) is 15.6 Å². The fourth-order valence-corrected chi connectivity index (χ4v) is 4.85. The molecule has 0 radical (unpaired) electrons. The number of anilines is 2. The molecule has 7 nitrogen and oxygen atoms in total. The minimum Gasteiger partial charge on any atom is -0.494 e. The minimum absolute atomic E-state index is 0.0789. The number of thiophene rings is 1. The summed E-state index contributed by atoms with van der Waals surface area (Å²) < 4.78 is 1.94. The summed E-state index contributed by atoms with van der Waals surface area (Å²) in [6, 6.07) is 21.9. The zero-order valence-electron chi connectivity index (χ0n) is 18.4. The van der Waals surface area contributed by atoms with E-state index >= 15 is 0 Å². The topological polar surface area (TPSA) is 99.4 Å². The molecule has 0 bridgehead atoms. The fourth-order valence-electron chi connectivity index (χ4n) is 3.91. The number of aromatic nitrogens is 2. The lowest BCUT2D eigenvalue weighted by Crippen LogP contribution is -2.10. The molecule has 0 aliphatic carbocycles. The summed E-state index contributed by atoms with van der Waals surface area (Å²) >= 11 is 7.11.